The lowest BCUT2D eigenvalue weighted by Crippen LogP contribution is -2.65. The zero-order chi connectivity index (χ0) is 26.6. The summed E-state index contributed by atoms with van der Waals surface area (Å²) in [6.45, 7) is 8.69. The molecule has 198 valence electrons. The van der Waals surface area contributed by atoms with Gasteiger partial charge in [0.2, 0.25) is 5.78 Å². The summed E-state index contributed by atoms with van der Waals surface area (Å²) in [7, 11) is 0. The minimum atomic E-state index is -1.54. The molecule has 0 radical (unpaired) electrons. The summed E-state index contributed by atoms with van der Waals surface area (Å²) >= 11 is 7.04. The van der Waals surface area contributed by atoms with Crippen LogP contribution in [0.3, 0.4) is 0 Å². The van der Waals surface area contributed by atoms with E-state index in [4.69, 9.17) is 21.1 Å². The first-order valence-electron chi connectivity index (χ1n) is 13.0. The van der Waals surface area contributed by atoms with Crippen LogP contribution in [-0.2, 0) is 28.7 Å². The third-order valence-corrected chi connectivity index (χ3v) is 10.1. The normalized spacial score (nSPS) is 43.1. The molecule has 7 nitrogen and oxygen atoms in total. The smallest absolute Gasteiger partial charge is 0.306 e. The van der Waals surface area contributed by atoms with Crippen molar-refractivity contribution in [2.75, 3.05) is 6.61 Å². The van der Waals surface area contributed by atoms with Gasteiger partial charge >= 0.3 is 11.9 Å². The van der Waals surface area contributed by atoms with Gasteiger partial charge in [0, 0.05) is 40.9 Å². The molecule has 0 aliphatic heterocycles. The van der Waals surface area contributed by atoms with E-state index in [1.54, 1.807) is 26.0 Å². The summed E-state index contributed by atoms with van der Waals surface area (Å²) in [6, 6.07) is 0. The first kappa shape index (κ1) is 27.1. The standard InChI is InChI=1S/C28H37ClO7/c1-6-22(33)35-14-21(32)28(36-23(34)7-2)15(3)10-18-24-19(29)12-16-11-17(30)8-9-26(16,4)25(24)20(31)13-27(18,28)5/h8-9,11,15,18-20,24-25,31H,6-7,10,12-14H2,1-5H3/t15-,18+,19-,20+,24-,25+,26+,27+,28?/m1/s1. The molecule has 9 atom stereocenters. The van der Waals surface area contributed by atoms with Crippen LogP contribution in [0.5, 0.6) is 0 Å². The Morgan fingerprint density at radius 1 is 1.17 bits per heavy atom. The molecule has 0 amide bonds. The van der Waals surface area contributed by atoms with Crippen LogP contribution < -0.4 is 0 Å². The summed E-state index contributed by atoms with van der Waals surface area (Å²) in [6.07, 6.45) is 5.79. The zero-order valence-corrected chi connectivity index (χ0v) is 22.5. The molecule has 0 saturated heterocycles. The molecule has 8 heteroatoms. The largest absolute Gasteiger partial charge is 0.457 e. The quantitative estimate of drug-likeness (QED) is 0.417. The third kappa shape index (κ3) is 3.80. The maximum Gasteiger partial charge on any atom is 0.306 e. The highest BCUT2D eigenvalue weighted by Gasteiger charge is 2.73. The summed E-state index contributed by atoms with van der Waals surface area (Å²) in [5.74, 6) is -2.44. The molecule has 0 aromatic heterocycles. The Balaban J connectivity index is 1.79. The second kappa shape index (κ2) is 9.39. The van der Waals surface area contributed by atoms with E-state index in [1.165, 1.54) is 0 Å². The summed E-state index contributed by atoms with van der Waals surface area (Å²) < 4.78 is 11.3. The number of halogens is 1. The van der Waals surface area contributed by atoms with Crippen molar-refractivity contribution in [2.24, 2.45) is 34.5 Å². The van der Waals surface area contributed by atoms with Gasteiger partial charge in [-0.15, -0.1) is 11.6 Å². The monoisotopic (exact) mass is 520 g/mol. The van der Waals surface area contributed by atoms with E-state index in [-0.39, 0.29) is 54.1 Å². The first-order chi connectivity index (χ1) is 16.9. The van der Waals surface area contributed by atoms with Gasteiger partial charge < -0.3 is 14.6 Å². The Hall–Kier alpha value is -1.99. The minimum Gasteiger partial charge on any atom is -0.457 e. The lowest BCUT2D eigenvalue weighted by atomic mass is 9.46. The van der Waals surface area contributed by atoms with E-state index in [0.29, 0.717) is 12.8 Å². The second-order valence-electron chi connectivity index (χ2n) is 11.4. The van der Waals surface area contributed by atoms with Crippen LogP contribution in [0.2, 0.25) is 0 Å². The van der Waals surface area contributed by atoms with Crippen molar-refractivity contribution in [3.63, 3.8) is 0 Å². The van der Waals surface area contributed by atoms with E-state index in [0.717, 1.165) is 5.57 Å². The van der Waals surface area contributed by atoms with E-state index < -0.39 is 46.9 Å². The molecular weight excluding hydrogens is 484 g/mol. The number of ether oxygens (including phenoxy) is 2. The molecule has 0 spiro atoms. The third-order valence-electron chi connectivity index (χ3n) is 9.65. The fourth-order valence-corrected chi connectivity index (χ4v) is 8.54. The van der Waals surface area contributed by atoms with Gasteiger partial charge in [-0.05, 0) is 43.3 Å². The van der Waals surface area contributed by atoms with Gasteiger partial charge in [-0.25, -0.2) is 0 Å². The van der Waals surface area contributed by atoms with E-state index in [9.17, 15) is 24.3 Å². The Bertz CT molecular complexity index is 1030. The average Bonchev–Trinajstić information content (AvgIpc) is 3.04. The Labute approximate surface area is 217 Å². The molecule has 4 aliphatic carbocycles. The molecule has 3 fully saturated rings. The molecule has 1 unspecified atom stereocenters. The van der Waals surface area contributed by atoms with Crippen LogP contribution in [0.1, 0.15) is 66.7 Å². The van der Waals surface area contributed by atoms with Crippen LogP contribution in [0.4, 0.5) is 0 Å². The van der Waals surface area contributed by atoms with Crippen molar-refractivity contribution in [1.29, 1.82) is 0 Å². The molecule has 3 saturated carbocycles. The number of aliphatic hydroxyl groups is 1. The van der Waals surface area contributed by atoms with Gasteiger partial charge in [-0.3, -0.25) is 19.2 Å². The van der Waals surface area contributed by atoms with Crippen molar-refractivity contribution >= 4 is 35.1 Å². The number of fused-ring (bicyclic) bond motifs is 5. The second-order valence-corrected chi connectivity index (χ2v) is 12.0. The molecular formula is C28H37ClO7. The zero-order valence-electron chi connectivity index (χ0n) is 21.7. The number of aliphatic hydroxyl groups excluding tert-OH is 1. The van der Waals surface area contributed by atoms with Gasteiger partial charge in [0.1, 0.15) is 0 Å². The van der Waals surface area contributed by atoms with Gasteiger partial charge in [-0.1, -0.05) is 46.3 Å². The number of Topliss-reactive ketones (excluding diaryl/α,β-unsaturated/α-hetero) is 1. The van der Waals surface area contributed by atoms with Gasteiger partial charge in [0.25, 0.3) is 0 Å². The Morgan fingerprint density at radius 3 is 2.47 bits per heavy atom. The topological polar surface area (TPSA) is 107 Å². The van der Waals surface area contributed by atoms with Crippen LogP contribution in [-0.4, -0.2) is 52.3 Å². The van der Waals surface area contributed by atoms with E-state index in [1.807, 2.05) is 26.8 Å². The SMILES string of the molecule is CCC(=O)OCC(=O)C1(OC(=O)CC)[C@H](C)C[C@H]2[C@H]3[C@H]([C@@H](O)C[C@@]21C)[C@@]1(C)C=CC(=O)C=C1C[C@H]3Cl. The predicted octanol–water partition coefficient (Wildman–Crippen LogP) is 3.94. The molecule has 36 heavy (non-hydrogen) atoms. The molecule has 4 rings (SSSR count). The number of hydrogen-bond acceptors (Lipinski definition) is 7. The minimum absolute atomic E-state index is 0.0767. The first-order valence-corrected chi connectivity index (χ1v) is 13.5. The predicted molar refractivity (Wildman–Crippen MR) is 133 cm³/mol. The van der Waals surface area contributed by atoms with Crippen molar-refractivity contribution in [1.82, 2.24) is 0 Å². The number of carbonyl (C=O) groups is 4. The summed E-state index contributed by atoms with van der Waals surface area (Å²) in [5.41, 5.74) is -2.06. The number of ketones is 2. The lowest BCUT2D eigenvalue weighted by molar-refractivity contribution is -0.205. The van der Waals surface area contributed by atoms with Gasteiger partial charge in [0.05, 0.1) is 6.10 Å². The average molecular weight is 521 g/mol. The highest BCUT2D eigenvalue weighted by molar-refractivity contribution is 6.21. The van der Waals surface area contributed by atoms with Crippen molar-refractivity contribution in [2.45, 2.75) is 83.8 Å². The van der Waals surface area contributed by atoms with Crippen LogP contribution >= 0.6 is 11.6 Å². The number of hydrogen-bond donors (Lipinski definition) is 1. The number of esters is 2. The highest BCUT2D eigenvalue weighted by Crippen LogP contribution is 2.69. The van der Waals surface area contributed by atoms with Crippen LogP contribution in [0.15, 0.2) is 23.8 Å². The van der Waals surface area contributed by atoms with Crippen molar-refractivity contribution < 1.29 is 33.8 Å². The molecule has 0 aromatic carbocycles. The number of rotatable bonds is 6. The molecule has 0 bridgehead atoms. The van der Waals surface area contributed by atoms with E-state index >= 15 is 0 Å². The summed E-state index contributed by atoms with van der Waals surface area (Å²) in [4.78, 5) is 50.5. The number of allylic oxidation sites excluding steroid dienone is 4. The van der Waals surface area contributed by atoms with Crippen LogP contribution in [0, 0.1) is 34.5 Å². The van der Waals surface area contributed by atoms with Gasteiger partial charge in [-0.2, -0.15) is 0 Å². The van der Waals surface area contributed by atoms with Crippen LogP contribution in [0.25, 0.3) is 0 Å². The highest BCUT2D eigenvalue weighted by atomic mass is 35.5. The van der Waals surface area contributed by atoms with Crippen molar-refractivity contribution in [3.8, 4) is 0 Å². The molecule has 0 aromatic rings. The molecule has 0 heterocycles. The maximum absolute atomic E-state index is 13.9. The Morgan fingerprint density at radius 2 is 1.83 bits per heavy atom. The fraction of sp³-hybridized carbons (Fsp3) is 0.714. The van der Waals surface area contributed by atoms with Crippen molar-refractivity contribution in [3.05, 3.63) is 23.8 Å². The summed E-state index contributed by atoms with van der Waals surface area (Å²) in [5, 5.41) is 11.4. The lowest BCUT2D eigenvalue weighted by Gasteiger charge is -2.61. The number of alkyl halides is 1. The maximum atomic E-state index is 13.9. The molecule has 4 aliphatic rings. The Kier molecular flexibility index (Phi) is 7.06. The fourth-order valence-electron chi connectivity index (χ4n) is 8.04. The number of carbonyl (C=O) groups excluding carboxylic acids is 4. The van der Waals surface area contributed by atoms with Gasteiger partial charge in [0.15, 0.2) is 18.0 Å². The van der Waals surface area contributed by atoms with E-state index in [2.05, 4.69) is 0 Å². The molecule has 1 N–H and O–H groups in total.